The number of nitrogens with one attached hydrogen (secondary N) is 6. The molecule has 1 aliphatic carbocycles. The maximum atomic E-state index is 13.9. The lowest BCUT2D eigenvalue weighted by molar-refractivity contribution is -0.141. The summed E-state index contributed by atoms with van der Waals surface area (Å²) in [6, 6.07) is 4.14. The molecular formula is C43H60N10O10. The molecule has 2 fully saturated rings. The van der Waals surface area contributed by atoms with Crippen LogP contribution in [0.3, 0.4) is 0 Å². The number of benzene rings is 1. The van der Waals surface area contributed by atoms with Crippen molar-refractivity contribution in [2.75, 3.05) is 40.3 Å². The van der Waals surface area contributed by atoms with Crippen LogP contribution in [0.2, 0.25) is 0 Å². The fourth-order valence-electron chi connectivity index (χ4n) is 7.37. The van der Waals surface area contributed by atoms with E-state index in [1.807, 2.05) is 0 Å². The summed E-state index contributed by atoms with van der Waals surface area (Å²) in [5.41, 5.74) is -0.342. The molecule has 6 N–H and O–H groups in total. The van der Waals surface area contributed by atoms with E-state index in [-0.39, 0.29) is 31.1 Å². The fraction of sp³-hybridized carbons (Fsp3) is 0.558. The van der Waals surface area contributed by atoms with E-state index in [2.05, 4.69) is 41.9 Å². The molecule has 1 aromatic carbocycles. The van der Waals surface area contributed by atoms with Crippen molar-refractivity contribution >= 4 is 53.2 Å². The average molecular weight is 877 g/mol. The van der Waals surface area contributed by atoms with Gasteiger partial charge in [-0.3, -0.25) is 43.3 Å². The summed E-state index contributed by atoms with van der Waals surface area (Å²) in [5.74, 6) is -7.26. The Hall–Kier alpha value is -6.47. The number of ether oxygens (including phenoxy) is 1. The molecule has 5 atom stereocenters. The molecule has 1 saturated heterocycles. The Kier molecular flexibility index (Phi) is 18.0. The van der Waals surface area contributed by atoms with Gasteiger partial charge in [-0.15, -0.1) is 0 Å². The minimum atomic E-state index is -1.34. The molecule has 63 heavy (non-hydrogen) atoms. The van der Waals surface area contributed by atoms with Crippen LogP contribution in [0.5, 0.6) is 0 Å². The third kappa shape index (κ3) is 14.8. The number of ketones is 1. The fourth-order valence-corrected chi connectivity index (χ4v) is 7.37. The summed E-state index contributed by atoms with van der Waals surface area (Å²) in [4.78, 5) is 130. The molecule has 20 nitrogen and oxygen atoms in total. The molecule has 1 aromatic heterocycles. The van der Waals surface area contributed by atoms with Gasteiger partial charge in [-0.1, -0.05) is 62.9 Å². The van der Waals surface area contributed by atoms with Crippen LogP contribution >= 0.6 is 0 Å². The lowest BCUT2D eigenvalue weighted by Gasteiger charge is -2.30. The molecule has 8 amide bonds. The molecule has 1 saturated carbocycles. The first kappa shape index (κ1) is 49.2. The minimum absolute atomic E-state index is 0.0296. The highest BCUT2D eigenvalue weighted by Crippen LogP contribution is 2.27. The van der Waals surface area contributed by atoms with Crippen molar-refractivity contribution in [2.24, 2.45) is 11.8 Å². The molecule has 2 aromatic rings. The second kappa shape index (κ2) is 23.1. The molecule has 0 spiro atoms. The third-order valence-electron chi connectivity index (χ3n) is 10.5. The molecule has 1 aliphatic heterocycles. The van der Waals surface area contributed by atoms with Gasteiger partial charge in [0.05, 0.1) is 37.3 Å². The Bertz CT molecular complexity index is 1950. The summed E-state index contributed by atoms with van der Waals surface area (Å²) in [5, 5.41) is 15.5. The van der Waals surface area contributed by atoms with Crippen LogP contribution in [0, 0.1) is 11.8 Å². The van der Waals surface area contributed by atoms with Gasteiger partial charge < -0.3 is 46.4 Å². The lowest BCUT2D eigenvalue weighted by Crippen LogP contribution is -2.55. The van der Waals surface area contributed by atoms with Crippen LogP contribution in [-0.4, -0.2) is 137 Å². The number of carbonyl (C=O) groups excluding carboxylic acids is 9. The number of rotatable bonds is 18. The Labute approximate surface area is 366 Å². The van der Waals surface area contributed by atoms with Crippen LogP contribution in [0.25, 0.3) is 0 Å². The van der Waals surface area contributed by atoms with Crippen LogP contribution < -0.4 is 31.9 Å². The van der Waals surface area contributed by atoms with Gasteiger partial charge in [0.15, 0.2) is 0 Å². The second-order valence-electron chi connectivity index (χ2n) is 16.9. The molecule has 2 aliphatic rings. The first-order chi connectivity index (χ1) is 29.9. The number of likely N-dealkylation sites (tertiary alicyclic amines) is 1. The van der Waals surface area contributed by atoms with Gasteiger partial charge in [0.1, 0.15) is 23.4 Å². The standard InChI is InChI=1S/C43H60N10O10/c1-7-14-29(36(56)40(60)47-23-33(55)50-35(41(61)52(5)6)27-17-12-9-13-18-27)49-37(57)28-24-53(42(62)63-43(2,3)4)25-31(28)48-32(54)22-46-39(59)34(26-15-10-8-11-16-26)51-38(58)30-21-44-19-20-45-30/h9,12-13,17-21,26,28-29,31,34-35H,7-8,10-11,14-16,22-25H2,1-6H3,(H,46,59)(H,47,60)(H,48,54)(H,49,57)(H,50,55)(H,51,58)/t28-,29+,31+,34+,35+/m1/s1. The highest BCUT2D eigenvalue weighted by molar-refractivity contribution is 6.38. The molecular weight excluding hydrogens is 817 g/mol. The predicted molar refractivity (Wildman–Crippen MR) is 227 cm³/mol. The number of Topliss-reactive ketones (excluding diaryl/α,β-unsaturated/α-hetero) is 1. The summed E-state index contributed by atoms with van der Waals surface area (Å²) < 4.78 is 5.52. The van der Waals surface area contributed by atoms with Crippen LogP contribution in [-0.2, 0) is 38.3 Å². The van der Waals surface area contributed by atoms with Crippen molar-refractivity contribution in [2.45, 2.75) is 102 Å². The van der Waals surface area contributed by atoms with Gasteiger partial charge in [0.25, 0.3) is 11.8 Å². The van der Waals surface area contributed by atoms with E-state index in [1.165, 1.54) is 42.5 Å². The average Bonchev–Trinajstić information content (AvgIpc) is 3.69. The lowest BCUT2D eigenvalue weighted by atomic mass is 9.83. The highest BCUT2D eigenvalue weighted by atomic mass is 16.6. The van der Waals surface area contributed by atoms with Crippen LogP contribution in [0.1, 0.15) is 94.7 Å². The number of aromatic nitrogens is 2. The Morgan fingerprint density at radius 2 is 1.54 bits per heavy atom. The number of nitrogens with zero attached hydrogens (tertiary/aromatic N) is 4. The number of hydrogen-bond donors (Lipinski definition) is 6. The SMILES string of the molecule is CCC[C@H](NC(=O)[C@@H]1CN(C(=O)OC(C)(C)C)C[C@@H]1NC(=O)CNC(=O)[C@@H](NC(=O)c1cnccn1)C1CCCCC1)C(=O)C(=O)NCC(=O)N[C@H](C(=O)N(C)C)c1ccccc1. The molecule has 0 radical (unpaired) electrons. The smallest absolute Gasteiger partial charge is 0.410 e. The molecule has 0 bridgehead atoms. The van der Waals surface area contributed by atoms with Crippen molar-refractivity contribution < 1.29 is 47.9 Å². The quantitative estimate of drug-likeness (QED) is 0.112. The predicted octanol–water partition coefficient (Wildman–Crippen LogP) is 0.539. The number of hydrogen-bond acceptors (Lipinski definition) is 12. The summed E-state index contributed by atoms with van der Waals surface area (Å²) in [7, 11) is 3.07. The molecule has 4 rings (SSSR count). The van der Waals surface area contributed by atoms with E-state index < -0.39 is 102 Å². The van der Waals surface area contributed by atoms with Crippen molar-refractivity contribution in [3.63, 3.8) is 0 Å². The molecule has 342 valence electrons. The molecule has 2 heterocycles. The van der Waals surface area contributed by atoms with Crippen molar-refractivity contribution in [1.82, 2.24) is 51.7 Å². The van der Waals surface area contributed by atoms with E-state index in [1.54, 1.807) is 58.0 Å². The molecule has 20 heteroatoms. The minimum Gasteiger partial charge on any atom is -0.444 e. The summed E-state index contributed by atoms with van der Waals surface area (Å²) in [6.07, 6.45) is 7.84. The van der Waals surface area contributed by atoms with Crippen molar-refractivity contribution in [3.8, 4) is 0 Å². The first-order valence-corrected chi connectivity index (χ1v) is 21.2. The van der Waals surface area contributed by atoms with E-state index >= 15 is 0 Å². The van der Waals surface area contributed by atoms with Crippen molar-refractivity contribution in [3.05, 3.63) is 60.2 Å². The zero-order valence-electron chi connectivity index (χ0n) is 36.7. The third-order valence-corrected chi connectivity index (χ3v) is 10.5. The van der Waals surface area contributed by atoms with E-state index in [4.69, 9.17) is 4.74 Å². The number of amides is 8. The van der Waals surface area contributed by atoms with Crippen molar-refractivity contribution in [1.29, 1.82) is 0 Å². The first-order valence-electron chi connectivity index (χ1n) is 21.2. The number of likely N-dealkylation sites (N-methyl/N-ethyl adjacent to an activating group) is 1. The van der Waals surface area contributed by atoms with Gasteiger partial charge in [-0.2, -0.15) is 0 Å². The second-order valence-corrected chi connectivity index (χ2v) is 16.9. The van der Waals surface area contributed by atoms with Gasteiger partial charge in [0, 0.05) is 39.6 Å². The van der Waals surface area contributed by atoms with Gasteiger partial charge in [-0.25, -0.2) is 9.78 Å². The van der Waals surface area contributed by atoms with Gasteiger partial charge in [0.2, 0.25) is 35.3 Å². The topological polar surface area (TPSA) is 267 Å². The highest BCUT2D eigenvalue weighted by Gasteiger charge is 2.43. The van der Waals surface area contributed by atoms with E-state index in [9.17, 15) is 43.2 Å². The Morgan fingerprint density at radius 3 is 2.16 bits per heavy atom. The molecule has 0 unspecified atom stereocenters. The Morgan fingerprint density at radius 1 is 0.857 bits per heavy atom. The maximum absolute atomic E-state index is 13.9. The van der Waals surface area contributed by atoms with E-state index in [0.717, 1.165) is 19.3 Å². The zero-order chi connectivity index (χ0) is 46.3. The van der Waals surface area contributed by atoms with Crippen LogP contribution in [0.15, 0.2) is 48.9 Å². The normalized spacial score (nSPS) is 17.8. The van der Waals surface area contributed by atoms with Gasteiger partial charge >= 0.3 is 6.09 Å². The summed E-state index contributed by atoms with van der Waals surface area (Å²) >= 11 is 0. The summed E-state index contributed by atoms with van der Waals surface area (Å²) in [6.45, 7) is 5.20. The Balaban J connectivity index is 1.42. The number of carbonyl (C=O) groups is 9. The maximum Gasteiger partial charge on any atom is 0.410 e. The monoisotopic (exact) mass is 876 g/mol. The van der Waals surface area contributed by atoms with Crippen LogP contribution in [0.4, 0.5) is 4.79 Å². The van der Waals surface area contributed by atoms with Gasteiger partial charge in [-0.05, 0) is 51.5 Å². The largest absolute Gasteiger partial charge is 0.444 e. The van der Waals surface area contributed by atoms with E-state index in [0.29, 0.717) is 24.8 Å². The zero-order valence-corrected chi connectivity index (χ0v) is 36.7.